The predicted molar refractivity (Wildman–Crippen MR) is 94.5 cm³/mol. The molecule has 0 unspecified atom stereocenters. The van der Waals surface area contributed by atoms with Crippen molar-refractivity contribution in [3.63, 3.8) is 0 Å². The van der Waals surface area contributed by atoms with Gasteiger partial charge in [-0.1, -0.05) is 24.3 Å². The van der Waals surface area contributed by atoms with E-state index in [4.69, 9.17) is 17.0 Å². The Morgan fingerprint density at radius 1 is 1.18 bits per heavy atom. The number of hydrogen-bond donors (Lipinski definition) is 2. The zero-order valence-corrected chi connectivity index (χ0v) is 13.9. The lowest BCUT2D eigenvalue weighted by Gasteiger charge is -2.18. The number of pyridine rings is 1. The van der Waals surface area contributed by atoms with Crippen LogP contribution in [0.5, 0.6) is 5.75 Å². The van der Waals surface area contributed by atoms with E-state index in [1.165, 1.54) is 0 Å². The summed E-state index contributed by atoms with van der Waals surface area (Å²) in [5.41, 5.74) is 2.18. The highest BCUT2D eigenvalue weighted by molar-refractivity contribution is 7.80. The molecule has 5 heteroatoms. The molecule has 0 aliphatic heterocycles. The Kier molecular flexibility index (Phi) is 5.72. The predicted octanol–water partition coefficient (Wildman–Crippen LogP) is 3.45. The summed E-state index contributed by atoms with van der Waals surface area (Å²) in [6.07, 6.45) is 1.74. The number of ether oxygens (including phenoxy) is 1. The summed E-state index contributed by atoms with van der Waals surface area (Å²) in [6.45, 7) is 6.58. The molecule has 1 atom stereocenters. The molecule has 0 amide bonds. The van der Waals surface area contributed by atoms with Crippen molar-refractivity contribution in [2.75, 3.05) is 11.9 Å². The normalized spacial score (nSPS) is 11.6. The number of para-hydroxylation sites is 1. The SMILES string of the molecule is Cc1ccccc1OC[C@@H](C)NC(=S)Nc1ncccc1C. The number of hydrogen-bond acceptors (Lipinski definition) is 3. The minimum atomic E-state index is 0.0867. The van der Waals surface area contributed by atoms with Crippen molar-refractivity contribution in [3.8, 4) is 5.75 Å². The molecule has 0 aliphatic rings. The maximum Gasteiger partial charge on any atom is 0.172 e. The molecule has 1 aromatic carbocycles. The van der Waals surface area contributed by atoms with Crippen LogP contribution >= 0.6 is 12.2 Å². The molecule has 22 heavy (non-hydrogen) atoms. The van der Waals surface area contributed by atoms with Crippen LogP contribution in [0.2, 0.25) is 0 Å². The van der Waals surface area contributed by atoms with Crippen LogP contribution in [-0.2, 0) is 0 Å². The summed E-state index contributed by atoms with van der Waals surface area (Å²) in [7, 11) is 0. The third-order valence-electron chi connectivity index (χ3n) is 3.20. The van der Waals surface area contributed by atoms with E-state index in [9.17, 15) is 0 Å². The molecule has 4 nitrogen and oxygen atoms in total. The first-order valence-electron chi connectivity index (χ1n) is 7.24. The van der Waals surface area contributed by atoms with Crippen LogP contribution in [0.25, 0.3) is 0 Å². The lowest BCUT2D eigenvalue weighted by Crippen LogP contribution is -2.39. The van der Waals surface area contributed by atoms with Gasteiger partial charge in [-0.05, 0) is 56.2 Å². The van der Waals surface area contributed by atoms with Gasteiger partial charge in [-0.15, -0.1) is 0 Å². The summed E-state index contributed by atoms with van der Waals surface area (Å²) in [5, 5.41) is 6.85. The second kappa shape index (κ2) is 7.75. The first-order chi connectivity index (χ1) is 10.6. The van der Waals surface area contributed by atoms with E-state index in [-0.39, 0.29) is 6.04 Å². The molecule has 0 aliphatic carbocycles. The van der Waals surface area contributed by atoms with Crippen LogP contribution in [0.3, 0.4) is 0 Å². The van der Waals surface area contributed by atoms with E-state index in [2.05, 4.69) is 15.6 Å². The molecular weight excluding hydrogens is 294 g/mol. The highest BCUT2D eigenvalue weighted by Crippen LogP contribution is 2.16. The van der Waals surface area contributed by atoms with Crippen LogP contribution in [0.1, 0.15) is 18.1 Å². The van der Waals surface area contributed by atoms with Gasteiger partial charge in [-0.3, -0.25) is 0 Å². The lowest BCUT2D eigenvalue weighted by atomic mass is 10.2. The molecule has 0 fully saturated rings. The number of nitrogens with zero attached hydrogens (tertiary/aromatic N) is 1. The molecule has 0 saturated carbocycles. The van der Waals surface area contributed by atoms with Crippen molar-refractivity contribution in [1.82, 2.24) is 10.3 Å². The van der Waals surface area contributed by atoms with Crippen LogP contribution in [0.15, 0.2) is 42.6 Å². The average molecular weight is 315 g/mol. The van der Waals surface area contributed by atoms with Crippen LogP contribution in [0, 0.1) is 13.8 Å². The van der Waals surface area contributed by atoms with Crippen molar-refractivity contribution in [2.24, 2.45) is 0 Å². The number of benzene rings is 1. The van der Waals surface area contributed by atoms with Crippen molar-refractivity contribution >= 4 is 23.1 Å². The highest BCUT2D eigenvalue weighted by atomic mass is 32.1. The smallest absolute Gasteiger partial charge is 0.172 e. The lowest BCUT2D eigenvalue weighted by molar-refractivity contribution is 0.285. The summed E-state index contributed by atoms with van der Waals surface area (Å²) in [4.78, 5) is 4.26. The summed E-state index contributed by atoms with van der Waals surface area (Å²) in [5.74, 6) is 1.67. The van der Waals surface area contributed by atoms with E-state index in [1.807, 2.05) is 57.2 Å². The number of aromatic nitrogens is 1. The van der Waals surface area contributed by atoms with Crippen LogP contribution in [0.4, 0.5) is 5.82 Å². The molecule has 116 valence electrons. The van der Waals surface area contributed by atoms with Gasteiger partial charge in [0.1, 0.15) is 18.2 Å². The zero-order valence-electron chi connectivity index (χ0n) is 13.1. The Balaban J connectivity index is 1.82. The van der Waals surface area contributed by atoms with Crippen molar-refractivity contribution in [1.29, 1.82) is 0 Å². The Bertz CT molecular complexity index is 645. The zero-order chi connectivity index (χ0) is 15.9. The van der Waals surface area contributed by atoms with Gasteiger partial charge in [0.25, 0.3) is 0 Å². The Labute approximate surface area is 136 Å². The van der Waals surface area contributed by atoms with E-state index in [0.717, 1.165) is 22.7 Å². The molecular formula is C17H21N3OS. The van der Waals surface area contributed by atoms with Gasteiger partial charge >= 0.3 is 0 Å². The third kappa shape index (κ3) is 4.70. The molecule has 2 aromatic rings. The van der Waals surface area contributed by atoms with Gasteiger partial charge in [-0.25, -0.2) is 4.98 Å². The highest BCUT2D eigenvalue weighted by Gasteiger charge is 2.08. The monoisotopic (exact) mass is 315 g/mol. The Hall–Kier alpha value is -2.14. The van der Waals surface area contributed by atoms with Crippen molar-refractivity contribution in [2.45, 2.75) is 26.8 Å². The molecule has 0 spiro atoms. The van der Waals surface area contributed by atoms with E-state index in [0.29, 0.717) is 11.7 Å². The third-order valence-corrected chi connectivity index (χ3v) is 3.42. The minimum Gasteiger partial charge on any atom is -0.491 e. The topological polar surface area (TPSA) is 46.2 Å². The number of thiocarbonyl (C=S) groups is 1. The average Bonchev–Trinajstić information content (AvgIpc) is 2.49. The molecule has 1 heterocycles. The summed E-state index contributed by atoms with van der Waals surface area (Å²) < 4.78 is 5.81. The molecule has 0 saturated heterocycles. The summed E-state index contributed by atoms with van der Waals surface area (Å²) in [6, 6.07) is 11.9. The van der Waals surface area contributed by atoms with Crippen molar-refractivity contribution in [3.05, 3.63) is 53.7 Å². The van der Waals surface area contributed by atoms with Gasteiger partial charge in [0.2, 0.25) is 0 Å². The van der Waals surface area contributed by atoms with Gasteiger partial charge in [0.05, 0.1) is 6.04 Å². The Morgan fingerprint density at radius 2 is 1.91 bits per heavy atom. The van der Waals surface area contributed by atoms with Crippen LogP contribution in [-0.4, -0.2) is 22.7 Å². The van der Waals surface area contributed by atoms with Gasteiger partial charge < -0.3 is 15.4 Å². The maximum atomic E-state index is 5.81. The number of nitrogens with one attached hydrogen (secondary N) is 2. The number of anilines is 1. The second-order valence-corrected chi connectivity index (χ2v) is 5.65. The first kappa shape index (κ1) is 16.2. The molecule has 1 aromatic heterocycles. The fourth-order valence-corrected chi connectivity index (χ4v) is 2.26. The van der Waals surface area contributed by atoms with Gasteiger partial charge in [0, 0.05) is 6.20 Å². The minimum absolute atomic E-state index is 0.0867. The van der Waals surface area contributed by atoms with E-state index >= 15 is 0 Å². The van der Waals surface area contributed by atoms with Gasteiger partial charge in [-0.2, -0.15) is 0 Å². The second-order valence-electron chi connectivity index (χ2n) is 5.24. The van der Waals surface area contributed by atoms with Gasteiger partial charge in [0.15, 0.2) is 5.11 Å². The maximum absolute atomic E-state index is 5.81. The van der Waals surface area contributed by atoms with E-state index in [1.54, 1.807) is 6.20 Å². The fourth-order valence-electron chi connectivity index (χ4n) is 1.96. The standard InChI is InChI=1S/C17H21N3OS/c1-12-7-4-5-9-15(12)21-11-14(3)19-17(22)20-16-13(2)8-6-10-18-16/h4-10,14H,11H2,1-3H3,(H2,18,19,20,22)/t14-/m1/s1. The molecule has 0 bridgehead atoms. The van der Waals surface area contributed by atoms with Crippen LogP contribution < -0.4 is 15.4 Å². The number of rotatable bonds is 5. The Morgan fingerprint density at radius 3 is 2.64 bits per heavy atom. The molecule has 2 N–H and O–H groups in total. The number of aryl methyl sites for hydroxylation is 2. The molecule has 0 radical (unpaired) electrons. The van der Waals surface area contributed by atoms with Crippen molar-refractivity contribution < 1.29 is 4.74 Å². The molecule has 2 rings (SSSR count). The summed E-state index contributed by atoms with van der Waals surface area (Å²) >= 11 is 5.31. The van der Waals surface area contributed by atoms with E-state index < -0.39 is 0 Å². The first-order valence-corrected chi connectivity index (χ1v) is 7.64. The largest absolute Gasteiger partial charge is 0.491 e. The quantitative estimate of drug-likeness (QED) is 0.828. The fraction of sp³-hybridized carbons (Fsp3) is 0.294.